The zero-order valence-electron chi connectivity index (χ0n) is 14.0. The summed E-state index contributed by atoms with van der Waals surface area (Å²) < 4.78 is 0. The maximum absolute atomic E-state index is 3.90. The van der Waals surface area contributed by atoms with E-state index in [9.17, 15) is 0 Å². The molecule has 0 aliphatic heterocycles. The van der Waals surface area contributed by atoms with Crippen molar-refractivity contribution in [3.63, 3.8) is 0 Å². The van der Waals surface area contributed by atoms with E-state index >= 15 is 0 Å². The molecule has 0 N–H and O–H groups in total. The van der Waals surface area contributed by atoms with Crippen molar-refractivity contribution in [2.45, 2.75) is 96.8 Å². The Bertz CT molecular complexity index is 192. The summed E-state index contributed by atoms with van der Waals surface area (Å²) in [6, 6.07) is 0. The summed E-state index contributed by atoms with van der Waals surface area (Å²) in [6.07, 6.45) is 23.4. The van der Waals surface area contributed by atoms with E-state index in [0.717, 1.165) is 12.3 Å². The third-order valence-corrected chi connectivity index (χ3v) is 4.34. The van der Waals surface area contributed by atoms with Gasteiger partial charge in [-0.25, -0.2) is 0 Å². The average molecular weight is 279 g/mol. The fraction of sp³-hybridized carbons (Fsp3) is 0.800. The SMILES string of the molecule is [CH2]C=CCCCCCC(CC)CCCCCCCC[CH2]. The molecule has 0 aromatic heterocycles. The minimum atomic E-state index is 0.984. The quantitative estimate of drug-likeness (QED) is 0.275. The van der Waals surface area contributed by atoms with Crippen LogP contribution in [0.4, 0.5) is 0 Å². The minimum absolute atomic E-state index is 0.984. The zero-order valence-corrected chi connectivity index (χ0v) is 14.0. The van der Waals surface area contributed by atoms with Gasteiger partial charge in [-0.05, 0) is 25.7 Å². The first-order valence-corrected chi connectivity index (χ1v) is 9.08. The molecule has 1 atom stereocenters. The van der Waals surface area contributed by atoms with Crippen LogP contribution in [-0.4, -0.2) is 0 Å². The smallest absolute Gasteiger partial charge is 0.0316 e. The lowest BCUT2D eigenvalue weighted by Gasteiger charge is -2.14. The number of rotatable bonds is 15. The van der Waals surface area contributed by atoms with Crippen LogP contribution in [0.15, 0.2) is 12.2 Å². The number of allylic oxidation sites excluding steroid dienone is 2. The van der Waals surface area contributed by atoms with Crippen LogP contribution in [0.5, 0.6) is 0 Å². The third kappa shape index (κ3) is 14.2. The van der Waals surface area contributed by atoms with Gasteiger partial charge in [0.05, 0.1) is 0 Å². The highest BCUT2D eigenvalue weighted by atomic mass is 14.1. The van der Waals surface area contributed by atoms with E-state index in [1.807, 2.05) is 6.08 Å². The van der Waals surface area contributed by atoms with E-state index in [4.69, 9.17) is 0 Å². The number of hydrogen-bond donors (Lipinski definition) is 0. The van der Waals surface area contributed by atoms with E-state index in [1.54, 1.807) is 0 Å². The second-order valence-electron chi connectivity index (χ2n) is 6.15. The van der Waals surface area contributed by atoms with Gasteiger partial charge < -0.3 is 0 Å². The van der Waals surface area contributed by atoms with Crippen LogP contribution in [0.25, 0.3) is 0 Å². The molecule has 0 rings (SSSR count). The topological polar surface area (TPSA) is 0 Å². The molecule has 0 aromatic rings. The molecule has 0 nitrogen and oxygen atoms in total. The molecule has 118 valence electrons. The monoisotopic (exact) mass is 278 g/mol. The fourth-order valence-electron chi connectivity index (χ4n) is 2.86. The summed E-state index contributed by atoms with van der Waals surface area (Å²) in [7, 11) is 0. The largest absolute Gasteiger partial charge is 0.0885 e. The molecule has 2 radical (unpaired) electrons. The molecule has 0 bridgehead atoms. The highest BCUT2D eigenvalue weighted by Crippen LogP contribution is 2.21. The van der Waals surface area contributed by atoms with Gasteiger partial charge in [0, 0.05) is 0 Å². The van der Waals surface area contributed by atoms with E-state index in [1.165, 1.54) is 83.5 Å². The van der Waals surface area contributed by atoms with Gasteiger partial charge in [0.15, 0.2) is 0 Å². The highest BCUT2D eigenvalue weighted by molar-refractivity contribution is 4.83. The molecule has 0 heteroatoms. The first kappa shape index (κ1) is 19.7. The molecule has 0 aliphatic carbocycles. The van der Waals surface area contributed by atoms with Crippen LogP contribution < -0.4 is 0 Å². The van der Waals surface area contributed by atoms with Crippen LogP contribution in [-0.2, 0) is 0 Å². The van der Waals surface area contributed by atoms with Gasteiger partial charge in [-0.2, -0.15) is 0 Å². The van der Waals surface area contributed by atoms with Gasteiger partial charge >= 0.3 is 0 Å². The molecule has 0 aliphatic rings. The van der Waals surface area contributed by atoms with E-state index in [-0.39, 0.29) is 0 Å². The van der Waals surface area contributed by atoms with Crippen molar-refractivity contribution in [2.75, 3.05) is 0 Å². The predicted octanol–water partition coefficient (Wildman–Crippen LogP) is 7.31. The molecule has 0 heterocycles. The maximum atomic E-state index is 3.90. The Morgan fingerprint density at radius 3 is 1.90 bits per heavy atom. The lowest BCUT2D eigenvalue weighted by atomic mass is 9.92. The highest BCUT2D eigenvalue weighted by Gasteiger charge is 2.05. The average Bonchev–Trinajstić information content (AvgIpc) is 2.47. The molecule has 0 amide bonds. The second kappa shape index (κ2) is 16.8. The first-order chi connectivity index (χ1) is 9.85. The zero-order chi connectivity index (χ0) is 14.9. The van der Waals surface area contributed by atoms with Gasteiger partial charge in [-0.3, -0.25) is 0 Å². The normalized spacial score (nSPS) is 13.2. The molecular weight excluding hydrogens is 240 g/mol. The van der Waals surface area contributed by atoms with Crippen molar-refractivity contribution in [2.24, 2.45) is 5.92 Å². The molecule has 1 unspecified atom stereocenters. The Balaban J connectivity index is 3.33. The third-order valence-electron chi connectivity index (χ3n) is 4.34. The van der Waals surface area contributed by atoms with Gasteiger partial charge in [-0.15, -0.1) is 0 Å². The van der Waals surface area contributed by atoms with Crippen LogP contribution in [0.2, 0.25) is 0 Å². The van der Waals surface area contributed by atoms with Gasteiger partial charge in [0.25, 0.3) is 0 Å². The van der Waals surface area contributed by atoms with Gasteiger partial charge in [-0.1, -0.05) is 103 Å². The molecule has 0 saturated carbocycles. The summed E-state index contributed by atoms with van der Waals surface area (Å²) in [6.45, 7) is 9.99. The standard InChI is InChI=1S/C20H38/c1-4-7-9-11-13-15-17-19-20(6-3)18-16-14-12-10-8-5-2/h5,8,20H,1-2,4,6-7,9-19H2,3H3. The van der Waals surface area contributed by atoms with Crippen molar-refractivity contribution >= 4 is 0 Å². The Morgan fingerprint density at radius 1 is 0.800 bits per heavy atom. The molecular formula is C20H38. The van der Waals surface area contributed by atoms with Crippen LogP contribution in [0, 0.1) is 19.8 Å². The minimum Gasteiger partial charge on any atom is -0.0885 e. The Kier molecular flexibility index (Phi) is 16.6. The molecule has 0 spiro atoms. The Hall–Kier alpha value is -0.260. The Morgan fingerprint density at radius 2 is 1.35 bits per heavy atom. The summed E-state index contributed by atoms with van der Waals surface area (Å²) in [5.74, 6) is 0.984. The predicted molar refractivity (Wildman–Crippen MR) is 93.7 cm³/mol. The first-order valence-electron chi connectivity index (χ1n) is 9.08. The van der Waals surface area contributed by atoms with Crippen molar-refractivity contribution < 1.29 is 0 Å². The fourth-order valence-corrected chi connectivity index (χ4v) is 2.86. The summed E-state index contributed by atoms with van der Waals surface area (Å²) in [5.41, 5.74) is 0. The van der Waals surface area contributed by atoms with Crippen molar-refractivity contribution in [3.8, 4) is 0 Å². The van der Waals surface area contributed by atoms with Crippen LogP contribution in [0.1, 0.15) is 96.8 Å². The second-order valence-corrected chi connectivity index (χ2v) is 6.15. The number of unbranched alkanes of at least 4 members (excludes halogenated alkanes) is 9. The number of hydrogen-bond acceptors (Lipinski definition) is 0. The molecule has 0 fully saturated rings. The van der Waals surface area contributed by atoms with E-state index < -0.39 is 0 Å². The van der Waals surface area contributed by atoms with Crippen molar-refractivity contribution in [1.82, 2.24) is 0 Å². The van der Waals surface area contributed by atoms with Gasteiger partial charge in [0.2, 0.25) is 0 Å². The molecule has 0 saturated heterocycles. The summed E-state index contributed by atoms with van der Waals surface area (Å²) >= 11 is 0. The lowest BCUT2D eigenvalue weighted by Crippen LogP contribution is -1.99. The van der Waals surface area contributed by atoms with Crippen LogP contribution in [0.3, 0.4) is 0 Å². The maximum Gasteiger partial charge on any atom is -0.0316 e. The molecule has 0 aromatic carbocycles. The van der Waals surface area contributed by atoms with Crippen LogP contribution >= 0.6 is 0 Å². The summed E-state index contributed by atoms with van der Waals surface area (Å²) in [5, 5.41) is 0. The lowest BCUT2D eigenvalue weighted by molar-refractivity contribution is 0.395. The van der Waals surface area contributed by atoms with Crippen molar-refractivity contribution in [3.05, 3.63) is 26.0 Å². The summed E-state index contributed by atoms with van der Waals surface area (Å²) in [4.78, 5) is 0. The Labute approximate surface area is 129 Å². The molecule has 20 heavy (non-hydrogen) atoms. The van der Waals surface area contributed by atoms with E-state index in [2.05, 4.69) is 26.8 Å². The van der Waals surface area contributed by atoms with E-state index in [0.29, 0.717) is 0 Å². The van der Waals surface area contributed by atoms with Gasteiger partial charge in [0.1, 0.15) is 0 Å². The van der Waals surface area contributed by atoms with Crippen molar-refractivity contribution in [1.29, 1.82) is 0 Å².